The first-order chi connectivity index (χ1) is 8.24. The SMILES string of the molecule is Cc1cc(F)c(N)cc1S(=O)(=O)NCCC(N)=O. The molecule has 1 aromatic carbocycles. The van der Waals surface area contributed by atoms with Gasteiger partial charge in [0, 0.05) is 13.0 Å². The van der Waals surface area contributed by atoms with Gasteiger partial charge in [-0.3, -0.25) is 4.79 Å². The van der Waals surface area contributed by atoms with Gasteiger partial charge in [-0.15, -0.1) is 0 Å². The van der Waals surface area contributed by atoms with Gasteiger partial charge in [-0.05, 0) is 24.6 Å². The molecule has 0 saturated carbocycles. The molecule has 0 atom stereocenters. The van der Waals surface area contributed by atoms with Crippen molar-refractivity contribution in [2.24, 2.45) is 5.73 Å². The van der Waals surface area contributed by atoms with E-state index < -0.39 is 21.7 Å². The predicted molar refractivity (Wildman–Crippen MR) is 64.5 cm³/mol. The maximum absolute atomic E-state index is 13.1. The summed E-state index contributed by atoms with van der Waals surface area (Å²) in [5, 5.41) is 0. The molecule has 0 unspecified atom stereocenters. The van der Waals surface area contributed by atoms with Gasteiger partial charge in [0.1, 0.15) is 5.82 Å². The zero-order chi connectivity index (χ0) is 13.9. The van der Waals surface area contributed by atoms with E-state index in [9.17, 15) is 17.6 Å². The number of aryl methyl sites for hydroxylation is 1. The van der Waals surface area contributed by atoms with Crippen molar-refractivity contribution in [1.29, 1.82) is 0 Å². The number of rotatable bonds is 5. The maximum atomic E-state index is 13.1. The summed E-state index contributed by atoms with van der Waals surface area (Å²) in [6.07, 6.45) is -0.116. The molecule has 0 aliphatic rings. The summed E-state index contributed by atoms with van der Waals surface area (Å²) in [5.74, 6) is -1.29. The number of anilines is 1. The fourth-order valence-electron chi connectivity index (χ4n) is 1.34. The minimum absolute atomic E-state index is 0.116. The molecule has 100 valence electrons. The Morgan fingerprint density at radius 2 is 2.06 bits per heavy atom. The molecule has 8 heteroatoms. The van der Waals surface area contributed by atoms with Crippen LogP contribution in [0.1, 0.15) is 12.0 Å². The summed E-state index contributed by atoms with van der Waals surface area (Å²) in [7, 11) is -3.83. The van der Waals surface area contributed by atoms with Gasteiger partial charge in [0.25, 0.3) is 0 Å². The molecule has 0 heterocycles. The highest BCUT2D eigenvalue weighted by Crippen LogP contribution is 2.21. The molecular formula is C10H14FN3O3S. The molecule has 5 N–H and O–H groups in total. The van der Waals surface area contributed by atoms with Crippen LogP contribution in [0.15, 0.2) is 17.0 Å². The fourth-order valence-corrected chi connectivity index (χ4v) is 2.64. The highest BCUT2D eigenvalue weighted by molar-refractivity contribution is 7.89. The van der Waals surface area contributed by atoms with E-state index in [1.165, 1.54) is 6.92 Å². The number of nitrogens with one attached hydrogen (secondary N) is 1. The summed E-state index contributed by atoms with van der Waals surface area (Å²) >= 11 is 0. The van der Waals surface area contributed by atoms with E-state index in [1.807, 2.05) is 0 Å². The second-order valence-corrected chi connectivity index (χ2v) is 5.49. The molecule has 1 amide bonds. The molecule has 18 heavy (non-hydrogen) atoms. The number of hydrogen-bond acceptors (Lipinski definition) is 4. The number of primary amides is 1. The van der Waals surface area contributed by atoms with Crippen LogP contribution in [-0.2, 0) is 14.8 Å². The number of benzene rings is 1. The van der Waals surface area contributed by atoms with Crippen LogP contribution < -0.4 is 16.2 Å². The first-order valence-corrected chi connectivity index (χ1v) is 6.56. The summed E-state index contributed by atoms with van der Waals surface area (Å²) < 4.78 is 39.0. The number of hydrogen-bond donors (Lipinski definition) is 3. The molecule has 1 rings (SSSR count). The minimum Gasteiger partial charge on any atom is -0.396 e. The quantitative estimate of drug-likeness (QED) is 0.649. The standard InChI is InChI=1S/C10H14FN3O3S/c1-6-4-7(11)8(12)5-9(6)18(16,17)14-3-2-10(13)15/h4-5,14H,2-3,12H2,1H3,(H2,13,15). The summed E-state index contributed by atoms with van der Waals surface area (Å²) in [5.41, 5.74) is 10.2. The molecule has 6 nitrogen and oxygen atoms in total. The zero-order valence-corrected chi connectivity index (χ0v) is 10.6. The van der Waals surface area contributed by atoms with E-state index >= 15 is 0 Å². The number of sulfonamides is 1. The van der Waals surface area contributed by atoms with Gasteiger partial charge in [0.15, 0.2) is 0 Å². The average molecular weight is 275 g/mol. The van der Waals surface area contributed by atoms with Gasteiger partial charge in [0.2, 0.25) is 15.9 Å². The number of amides is 1. The van der Waals surface area contributed by atoms with Crippen LogP contribution in [-0.4, -0.2) is 20.9 Å². The molecule has 0 aromatic heterocycles. The van der Waals surface area contributed by atoms with Crippen LogP contribution in [0.4, 0.5) is 10.1 Å². The third-order valence-electron chi connectivity index (χ3n) is 2.25. The Morgan fingerprint density at radius 1 is 1.44 bits per heavy atom. The van der Waals surface area contributed by atoms with Gasteiger partial charge < -0.3 is 11.5 Å². The summed E-state index contributed by atoms with van der Waals surface area (Å²) in [4.78, 5) is 10.4. The Hall–Kier alpha value is -1.67. The lowest BCUT2D eigenvalue weighted by Gasteiger charge is -2.10. The number of carbonyl (C=O) groups is 1. The lowest BCUT2D eigenvalue weighted by molar-refractivity contribution is -0.117. The predicted octanol–water partition coefficient (Wildman–Crippen LogP) is -0.130. The van der Waals surface area contributed by atoms with Crippen molar-refractivity contribution >= 4 is 21.6 Å². The van der Waals surface area contributed by atoms with Crippen molar-refractivity contribution in [3.8, 4) is 0 Å². The second-order valence-electron chi connectivity index (χ2n) is 3.75. The van der Waals surface area contributed by atoms with Crippen LogP contribution in [0.5, 0.6) is 0 Å². The van der Waals surface area contributed by atoms with E-state index in [1.54, 1.807) is 0 Å². The molecule has 0 bridgehead atoms. The van der Waals surface area contributed by atoms with Gasteiger partial charge >= 0.3 is 0 Å². The van der Waals surface area contributed by atoms with Gasteiger partial charge in [-0.1, -0.05) is 0 Å². The van der Waals surface area contributed by atoms with Crippen molar-refractivity contribution < 1.29 is 17.6 Å². The minimum atomic E-state index is -3.83. The van der Waals surface area contributed by atoms with Crippen molar-refractivity contribution in [3.05, 3.63) is 23.5 Å². The first-order valence-electron chi connectivity index (χ1n) is 5.07. The fraction of sp³-hybridized carbons (Fsp3) is 0.300. The van der Waals surface area contributed by atoms with Gasteiger partial charge in [0.05, 0.1) is 10.6 Å². The monoisotopic (exact) mass is 275 g/mol. The van der Waals surface area contributed by atoms with Gasteiger partial charge in [-0.25, -0.2) is 17.5 Å². The smallest absolute Gasteiger partial charge is 0.240 e. The molecular weight excluding hydrogens is 261 g/mol. The third-order valence-corrected chi connectivity index (χ3v) is 3.85. The van der Waals surface area contributed by atoms with E-state index in [0.717, 1.165) is 12.1 Å². The number of nitrogen functional groups attached to an aromatic ring is 1. The molecule has 0 saturated heterocycles. The van der Waals surface area contributed by atoms with Crippen LogP contribution in [0, 0.1) is 12.7 Å². The van der Waals surface area contributed by atoms with E-state index in [2.05, 4.69) is 4.72 Å². The van der Waals surface area contributed by atoms with Crippen molar-refractivity contribution in [1.82, 2.24) is 4.72 Å². The second kappa shape index (κ2) is 5.32. The lowest BCUT2D eigenvalue weighted by Crippen LogP contribution is -2.28. The number of halogens is 1. The number of nitrogens with two attached hydrogens (primary N) is 2. The van der Waals surface area contributed by atoms with Crippen LogP contribution >= 0.6 is 0 Å². The largest absolute Gasteiger partial charge is 0.396 e. The zero-order valence-electron chi connectivity index (χ0n) is 9.73. The Labute approximate surface area is 104 Å². The van der Waals surface area contributed by atoms with E-state index in [-0.39, 0.29) is 29.1 Å². The van der Waals surface area contributed by atoms with Crippen LogP contribution in [0.3, 0.4) is 0 Å². The third kappa shape index (κ3) is 3.41. The van der Waals surface area contributed by atoms with Crippen molar-refractivity contribution in [2.75, 3.05) is 12.3 Å². The van der Waals surface area contributed by atoms with Crippen molar-refractivity contribution in [3.63, 3.8) is 0 Å². The average Bonchev–Trinajstić information content (AvgIpc) is 2.22. The maximum Gasteiger partial charge on any atom is 0.240 e. The summed E-state index contributed by atoms with van der Waals surface area (Å²) in [6, 6.07) is 2.08. The first kappa shape index (κ1) is 14.4. The highest BCUT2D eigenvalue weighted by atomic mass is 32.2. The van der Waals surface area contributed by atoms with E-state index in [4.69, 9.17) is 11.5 Å². The van der Waals surface area contributed by atoms with Gasteiger partial charge in [-0.2, -0.15) is 0 Å². The van der Waals surface area contributed by atoms with Crippen LogP contribution in [0.25, 0.3) is 0 Å². The Kier molecular flexibility index (Phi) is 4.25. The molecule has 0 fully saturated rings. The van der Waals surface area contributed by atoms with Crippen molar-refractivity contribution in [2.45, 2.75) is 18.2 Å². The molecule has 0 radical (unpaired) electrons. The van der Waals surface area contributed by atoms with Crippen LogP contribution in [0.2, 0.25) is 0 Å². The highest BCUT2D eigenvalue weighted by Gasteiger charge is 2.18. The molecule has 0 aliphatic heterocycles. The molecule has 0 aliphatic carbocycles. The topological polar surface area (TPSA) is 115 Å². The molecule has 0 spiro atoms. The number of carbonyl (C=O) groups excluding carboxylic acids is 1. The summed E-state index contributed by atoms with van der Waals surface area (Å²) in [6.45, 7) is 1.33. The molecule has 1 aromatic rings. The normalized spacial score (nSPS) is 11.4. The Balaban J connectivity index is 2.98. The lowest BCUT2D eigenvalue weighted by atomic mass is 10.2. The Bertz CT molecular complexity index is 572. The van der Waals surface area contributed by atoms with E-state index in [0.29, 0.717) is 0 Å². The Morgan fingerprint density at radius 3 is 2.61 bits per heavy atom.